The van der Waals surface area contributed by atoms with E-state index in [1.54, 1.807) is 9.36 Å². The van der Waals surface area contributed by atoms with E-state index < -0.39 is 0 Å². The summed E-state index contributed by atoms with van der Waals surface area (Å²) in [5.41, 5.74) is 8.56. The summed E-state index contributed by atoms with van der Waals surface area (Å²) in [6.07, 6.45) is 0. The molecule has 0 atom stereocenters. The highest BCUT2D eigenvalue weighted by molar-refractivity contribution is 9.10. The molecule has 0 aliphatic carbocycles. The fourth-order valence-corrected chi connectivity index (χ4v) is 2.10. The lowest BCUT2D eigenvalue weighted by Gasteiger charge is -2.09. The highest BCUT2D eigenvalue weighted by Crippen LogP contribution is 2.20. The van der Waals surface area contributed by atoms with Crippen LogP contribution in [-0.4, -0.2) is 9.36 Å². The Morgan fingerprint density at radius 2 is 1.94 bits per heavy atom. The van der Waals surface area contributed by atoms with Crippen molar-refractivity contribution in [3.8, 4) is 5.69 Å². The lowest BCUT2D eigenvalue weighted by Crippen LogP contribution is -2.20. The Hall–Kier alpha value is -1.49. The zero-order chi connectivity index (χ0) is 12.7. The Kier molecular flexibility index (Phi) is 2.87. The molecule has 2 N–H and O–H groups in total. The maximum absolute atomic E-state index is 12.0. The Morgan fingerprint density at radius 1 is 1.29 bits per heavy atom. The van der Waals surface area contributed by atoms with E-state index in [1.165, 1.54) is 0 Å². The molecule has 2 aromatic rings. The van der Waals surface area contributed by atoms with Gasteiger partial charge in [0.2, 0.25) is 0 Å². The molecule has 2 rings (SSSR count). The van der Waals surface area contributed by atoms with Gasteiger partial charge in [0.1, 0.15) is 5.69 Å². The van der Waals surface area contributed by atoms with Gasteiger partial charge < -0.3 is 5.73 Å². The molecule has 4 nitrogen and oxygen atoms in total. The molecule has 0 radical (unpaired) electrons. The Balaban J connectivity index is 2.73. The highest BCUT2D eigenvalue weighted by atomic mass is 79.9. The van der Waals surface area contributed by atoms with Crippen LogP contribution in [0.15, 0.2) is 27.5 Å². The van der Waals surface area contributed by atoms with Gasteiger partial charge in [0.15, 0.2) is 0 Å². The van der Waals surface area contributed by atoms with Crippen LogP contribution in [0.5, 0.6) is 0 Å². The van der Waals surface area contributed by atoms with E-state index in [1.807, 2.05) is 39.1 Å². The molecule has 17 heavy (non-hydrogen) atoms. The van der Waals surface area contributed by atoms with Crippen LogP contribution < -0.4 is 11.3 Å². The molecule has 0 spiro atoms. The monoisotopic (exact) mass is 295 g/mol. The third-order valence-corrected chi connectivity index (χ3v) is 3.85. The quantitative estimate of drug-likeness (QED) is 0.876. The van der Waals surface area contributed by atoms with Gasteiger partial charge in [-0.3, -0.25) is 9.48 Å². The zero-order valence-electron chi connectivity index (χ0n) is 9.99. The molecular formula is C12H14BrN3O. The fraction of sp³-hybridized carbons (Fsp3) is 0.250. The number of benzene rings is 1. The summed E-state index contributed by atoms with van der Waals surface area (Å²) in [6, 6.07) is 5.78. The van der Waals surface area contributed by atoms with Crippen molar-refractivity contribution in [2.24, 2.45) is 7.05 Å². The average molecular weight is 296 g/mol. The van der Waals surface area contributed by atoms with Gasteiger partial charge in [0.25, 0.3) is 5.56 Å². The predicted molar refractivity (Wildman–Crippen MR) is 72.6 cm³/mol. The smallest absolute Gasteiger partial charge is 0.294 e. The number of hydrogen-bond acceptors (Lipinski definition) is 2. The van der Waals surface area contributed by atoms with Gasteiger partial charge in [-0.15, -0.1) is 0 Å². The Labute approximate surface area is 108 Å². The van der Waals surface area contributed by atoms with Crippen LogP contribution in [0, 0.1) is 13.8 Å². The largest absolute Gasteiger partial charge is 0.393 e. The van der Waals surface area contributed by atoms with E-state index in [9.17, 15) is 4.79 Å². The van der Waals surface area contributed by atoms with Crippen molar-refractivity contribution < 1.29 is 0 Å². The summed E-state index contributed by atoms with van der Waals surface area (Å²) in [4.78, 5) is 12.0. The molecule has 90 valence electrons. The molecule has 0 amide bonds. The number of anilines is 1. The Morgan fingerprint density at radius 3 is 2.41 bits per heavy atom. The summed E-state index contributed by atoms with van der Waals surface area (Å²) < 4.78 is 4.29. The normalized spacial score (nSPS) is 10.8. The van der Waals surface area contributed by atoms with Gasteiger partial charge in [0, 0.05) is 11.5 Å². The molecule has 0 fully saturated rings. The Bertz CT molecular complexity index is 640. The van der Waals surface area contributed by atoms with E-state index in [2.05, 4.69) is 15.9 Å². The first-order valence-electron chi connectivity index (χ1n) is 5.24. The molecule has 5 heteroatoms. The summed E-state index contributed by atoms with van der Waals surface area (Å²) in [7, 11) is 1.82. The fourth-order valence-electron chi connectivity index (χ4n) is 1.73. The number of rotatable bonds is 1. The summed E-state index contributed by atoms with van der Waals surface area (Å²) in [5, 5.41) is 0. The first-order chi connectivity index (χ1) is 7.93. The topological polar surface area (TPSA) is 52.9 Å². The van der Waals surface area contributed by atoms with Crippen molar-refractivity contribution in [2.45, 2.75) is 13.8 Å². The number of nitrogens with zero attached hydrogens (tertiary/aromatic N) is 2. The van der Waals surface area contributed by atoms with Gasteiger partial charge in [-0.05, 0) is 31.5 Å². The molecule has 1 aromatic carbocycles. The van der Waals surface area contributed by atoms with Crippen LogP contribution >= 0.6 is 15.9 Å². The lowest BCUT2D eigenvalue weighted by molar-refractivity contribution is 0.629. The molecular weight excluding hydrogens is 282 g/mol. The minimum absolute atomic E-state index is 0.180. The first-order valence-corrected chi connectivity index (χ1v) is 6.03. The van der Waals surface area contributed by atoms with Crippen LogP contribution in [0.3, 0.4) is 0 Å². The second-order valence-electron chi connectivity index (χ2n) is 4.07. The van der Waals surface area contributed by atoms with Crippen LogP contribution in [0.25, 0.3) is 5.69 Å². The molecule has 0 saturated heterocycles. The molecule has 0 unspecified atom stereocenters. The summed E-state index contributed by atoms with van der Waals surface area (Å²) in [5.74, 6) is 0. The first kappa shape index (κ1) is 12.0. The molecule has 0 saturated carbocycles. The summed E-state index contributed by atoms with van der Waals surface area (Å²) >= 11 is 3.46. The number of aromatic nitrogens is 2. The van der Waals surface area contributed by atoms with E-state index in [0.29, 0.717) is 5.69 Å². The van der Waals surface area contributed by atoms with Crippen molar-refractivity contribution in [3.05, 3.63) is 44.3 Å². The number of nitrogens with two attached hydrogens (primary N) is 1. The maximum atomic E-state index is 12.0. The van der Waals surface area contributed by atoms with Gasteiger partial charge in [-0.1, -0.05) is 22.0 Å². The van der Waals surface area contributed by atoms with E-state index in [4.69, 9.17) is 5.73 Å². The third-order valence-electron chi connectivity index (χ3n) is 3.00. The van der Waals surface area contributed by atoms with E-state index in [0.717, 1.165) is 21.4 Å². The highest BCUT2D eigenvalue weighted by Gasteiger charge is 2.13. The maximum Gasteiger partial charge on any atom is 0.294 e. The minimum atomic E-state index is -0.180. The summed E-state index contributed by atoms with van der Waals surface area (Å²) in [6.45, 7) is 3.83. The van der Waals surface area contributed by atoms with E-state index in [-0.39, 0.29) is 5.56 Å². The molecule has 0 bridgehead atoms. The average Bonchev–Trinajstić information content (AvgIpc) is 2.48. The number of nitrogen functional groups attached to an aromatic ring is 1. The minimum Gasteiger partial charge on any atom is -0.393 e. The van der Waals surface area contributed by atoms with Crippen LogP contribution in [0.1, 0.15) is 11.3 Å². The van der Waals surface area contributed by atoms with Crippen LogP contribution in [-0.2, 0) is 7.05 Å². The molecule has 0 aliphatic rings. The molecule has 1 aromatic heterocycles. The molecule has 1 heterocycles. The van der Waals surface area contributed by atoms with Gasteiger partial charge in [0.05, 0.1) is 11.4 Å². The standard InChI is InChI=1S/C12H14BrN3O/c1-7-4-5-9(6-10(7)13)16-12(17)11(14)8(2)15(16)3/h4-6H,14H2,1-3H3. The third kappa shape index (κ3) is 1.80. The van der Waals surface area contributed by atoms with Crippen molar-refractivity contribution in [3.63, 3.8) is 0 Å². The van der Waals surface area contributed by atoms with Crippen molar-refractivity contribution >= 4 is 21.6 Å². The van der Waals surface area contributed by atoms with Gasteiger partial charge in [-0.2, -0.15) is 0 Å². The van der Waals surface area contributed by atoms with E-state index >= 15 is 0 Å². The van der Waals surface area contributed by atoms with Crippen LogP contribution in [0.4, 0.5) is 5.69 Å². The predicted octanol–water partition coefficient (Wildman–Crippen LogP) is 2.14. The van der Waals surface area contributed by atoms with Gasteiger partial charge in [-0.25, -0.2) is 4.68 Å². The lowest BCUT2D eigenvalue weighted by atomic mass is 10.2. The molecule has 0 aliphatic heterocycles. The SMILES string of the molecule is Cc1ccc(-n2c(=O)c(N)c(C)n2C)cc1Br. The number of aryl methyl sites for hydroxylation is 1. The second kappa shape index (κ2) is 4.07. The number of hydrogen-bond donors (Lipinski definition) is 1. The van der Waals surface area contributed by atoms with Crippen molar-refractivity contribution in [1.29, 1.82) is 0 Å². The zero-order valence-corrected chi connectivity index (χ0v) is 11.6. The second-order valence-corrected chi connectivity index (χ2v) is 4.93. The van der Waals surface area contributed by atoms with Crippen molar-refractivity contribution in [2.75, 3.05) is 5.73 Å². The van der Waals surface area contributed by atoms with Crippen LogP contribution in [0.2, 0.25) is 0 Å². The van der Waals surface area contributed by atoms with Gasteiger partial charge >= 0.3 is 0 Å². The number of halogens is 1. The van der Waals surface area contributed by atoms with Crippen molar-refractivity contribution in [1.82, 2.24) is 9.36 Å².